The Morgan fingerprint density at radius 3 is 2.50 bits per heavy atom. The summed E-state index contributed by atoms with van der Waals surface area (Å²) in [6.07, 6.45) is 0. The molecular weight excluding hydrogens is 446 g/mol. The summed E-state index contributed by atoms with van der Waals surface area (Å²) in [5.41, 5.74) is 4.25. The van der Waals surface area contributed by atoms with Crippen molar-refractivity contribution in [2.45, 2.75) is 38.1 Å². The number of para-hydroxylation sites is 1. The van der Waals surface area contributed by atoms with E-state index >= 15 is 0 Å². The molecule has 34 heavy (non-hydrogen) atoms. The normalized spacial score (nSPS) is 11.9. The van der Waals surface area contributed by atoms with E-state index in [0.29, 0.717) is 27.3 Å². The van der Waals surface area contributed by atoms with Crippen molar-refractivity contribution in [2.24, 2.45) is 0 Å². The van der Waals surface area contributed by atoms with Gasteiger partial charge in [-0.25, -0.2) is 4.98 Å². The van der Waals surface area contributed by atoms with Crippen LogP contribution in [0.2, 0.25) is 0 Å². The Hall–Kier alpha value is -3.71. The largest absolute Gasteiger partial charge is 0.325 e. The first-order valence-corrected chi connectivity index (χ1v) is 11.8. The second-order valence-electron chi connectivity index (χ2n) is 8.23. The Morgan fingerprint density at radius 1 is 1.00 bits per heavy atom. The zero-order valence-electron chi connectivity index (χ0n) is 19.5. The van der Waals surface area contributed by atoms with Crippen LogP contribution in [0.4, 0.5) is 5.69 Å². The molecule has 0 aliphatic rings. The van der Waals surface area contributed by atoms with Gasteiger partial charge in [-0.3, -0.25) is 19.0 Å². The zero-order valence-corrected chi connectivity index (χ0v) is 20.3. The smallest absolute Gasteiger partial charge is 0.266 e. The van der Waals surface area contributed by atoms with Crippen LogP contribution in [0.3, 0.4) is 0 Å². The second-order valence-corrected chi connectivity index (χ2v) is 9.54. The molecule has 0 aliphatic carbocycles. The highest BCUT2D eigenvalue weighted by atomic mass is 32.2. The fourth-order valence-electron chi connectivity index (χ4n) is 3.73. The van der Waals surface area contributed by atoms with Crippen LogP contribution in [0.25, 0.3) is 16.6 Å². The number of benzene rings is 3. The highest BCUT2D eigenvalue weighted by Gasteiger charge is 2.21. The number of thioether (sulfide) groups is 1. The van der Waals surface area contributed by atoms with Gasteiger partial charge in [0.2, 0.25) is 5.91 Å². The number of carbonyl (C=O) groups excluding carboxylic acids is 2. The molecule has 4 aromatic rings. The monoisotopic (exact) mass is 471 g/mol. The summed E-state index contributed by atoms with van der Waals surface area (Å²) in [5.74, 6) is -0.323. The minimum Gasteiger partial charge on any atom is -0.325 e. The van der Waals surface area contributed by atoms with Crippen molar-refractivity contribution in [3.8, 4) is 5.69 Å². The lowest BCUT2D eigenvalue weighted by Gasteiger charge is -2.18. The van der Waals surface area contributed by atoms with Crippen molar-refractivity contribution in [3.63, 3.8) is 0 Å². The average molecular weight is 472 g/mol. The number of amides is 1. The number of hydrogen-bond acceptors (Lipinski definition) is 5. The highest BCUT2D eigenvalue weighted by molar-refractivity contribution is 8.00. The molecule has 0 bridgehead atoms. The Morgan fingerprint density at radius 2 is 1.76 bits per heavy atom. The molecule has 0 saturated carbocycles. The summed E-state index contributed by atoms with van der Waals surface area (Å²) < 4.78 is 1.59. The van der Waals surface area contributed by atoms with E-state index in [1.165, 1.54) is 18.7 Å². The van der Waals surface area contributed by atoms with Gasteiger partial charge in [0, 0.05) is 11.3 Å². The molecule has 6 nitrogen and oxygen atoms in total. The van der Waals surface area contributed by atoms with E-state index in [0.717, 1.165) is 16.8 Å². The van der Waals surface area contributed by atoms with Gasteiger partial charge in [-0.15, -0.1) is 0 Å². The quantitative estimate of drug-likeness (QED) is 0.234. The van der Waals surface area contributed by atoms with Crippen LogP contribution in [0.5, 0.6) is 0 Å². The van der Waals surface area contributed by atoms with Crippen molar-refractivity contribution in [2.75, 3.05) is 5.32 Å². The topological polar surface area (TPSA) is 81.1 Å². The van der Waals surface area contributed by atoms with Crippen LogP contribution < -0.4 is 10.9 Å². The number of ketones is 1. The van der Waals surface area contributed by atoms with E-state index in [2.05, 4.69) is 5.32 Å². The van der Waals surface area contributed by atoms with E-state index in [1.54, 1.807) is 47.9 Å². The van der Waals surface area contributed by atoms with Gasteiger partial charge in [0.1, 0.15) is 0 Å². The van der Waals surface area contributed by atoms with E-state index in [4.69, 9.17) is 4.98 Å². The van der Waals surface area contributed by atoms with Crippen LogP contribution in [0.1, 0.15) is 35.3 Å². The summed E-state index contributed by atoms with van der Waals surface area (Å²) in [6.45, 7) is 7.21. The third kappa shape index (κ3) is 4.79. The summed E-state index contributed by atoms with van der Waals surface area (Å²) in [7, 11) is 0. The number of nitrogens with zero attached hydrogens (tertiary/aromatic N) is 2. The number of aromatic nitrogens is 2. The third-order valence-corrected chi connectivity index (χ3v) is 6.58. The van der Waals surface area contributed by atoms with Crippen molar-refractivity contribution in [1.29, 1.82) is 0 Å². The summed E-state index contributed by atoms with van der Waals surface area (Å²) in [6, 6.07) is 19.9. The molecule has 1 aromatic heterocycles. The van der Waals surface area contributed by atoms with Crippen LogP contribution in [-0.4, -0.2) is 26.5 Å². The lowest BCUT2D eigenvalue weighted by molar-refractivity contribution is -0.115. The lowest BCUT2D eigenvalue weighted by atomic mass is 10.1. The van der Waals surface area contributed by atoms with E-state index < -0.39 is 5.25 Å². The molecule has 1 unspecified atom stereocenters. The van der Waals surface area contributed by atoms with Crippen molar-refractivity contribution in [1.82, 2.24) is 9.55 Å². The number of carbonyl (C=O) groups is 2. The van der Waals surface area contributed by atoms with Gasteiger partial charge in [0.15, 0.2) is 10.9 Å². The number of rotatable bonds is 6. The van der Waals surface area contributed by atoms with E-state index in [1.807, 2.05) is 44.2 Å². The predicted octanol–water partition coefficient (Wildman–Crippen LogP) is 5.32. The van der Waals surface area contributed by atoms with E-state index in [9.17, 15) is 14.4 Å². The number of anilines is 1. The van der Waals surface area contributed by atoms with Crippen molar-refractivity contribution >= 4 is 40.0 Å². The number of hydrogen-bond donors (Lipinski definition) is 1. The molecule has 0 fully saturated rings. The maximum absolute atomic E-state index is 13.5. The first-order chi connectivity index (χ1) is 16.2. The van der Waals surface area contributed by atoms with E-state index in [-0.39, 0.29) is 17.2 Å². The molecule has 4 rings (SSSR count). The first kappa shape index (κ1) is 23.4. The highest BCUT2D eigenvalue weighted by Crippen LogP contribution is 2.27. The van der Waals surface area contributed by atoms with Crippen LogP contribution in [0, 0.1) is 13.8 Å². The SMILES string of the molecule is CC(=O)c1cccc(NC(=O)C(C)Sc2nc3ccccc3c(=O)n2-c2ccc(C)cc2C)c1. The molecule has 1 N–H and O–H groups in total. The molecule has 0 aliphatic heterocycles. The molecular formula is C27H25N3O3S. The van der Waals surface area contributed by atoms with Gasteiger partial charge in [0.25, 0.3) is 5.56 Å². The molecule has 7 heteroatoms. The maximum Gasteiger partial charge on any atom is 0.266 e. The Balaban J connectivity index is 1.72. The molecule has 0 spiro atoms. The average Bonchev–Trinajstić information content (AvgIpc) is 2.80. The summed E-state index contributed by atoms with van der Waals surface area (Å²) >= 11 is 1.22. The van der Waals surface area contributed by atoms with Gasteiger partial charge >= 0.3 is 0 Å². The molecule has 1 amide bonds. The summed E-state index contributed by atoms with van der Waals surface area (Å²) in [5, 5.41) is 3.27. The van der Waals surface area contributed by atoms with Crippen LogP contribution in [-0.2, 0) is 4.79 Å². The van der Waals surface area contributed by atoms with Crippen molar-refractivity contribution in [3.05, 3.63) is 93.8 Å². The van der Waals surface area contributed by atoms with Crippen molar-refractivity contribution < 1.29 is 9.59 Å². The lowest BCUT2D eigenvalue weighted by Crippen LogP contribution is -2.26. The Bertz CT molecular complexity index is 1480. The molecule has 172 valence electrons. The number of nitrogens with one attached hydrogen (secondary N) is 1. The number of aryl methyl sites for hydroxylation is 2. The van der Waals surface area contributed by atoms with Gasteiger partial charge in [0.05, 0.1) is 21.8 Å². The fourth-order valence-corrected chi connectivity index (χ4v) is 4.65. The molecule has 0 saturated heterocycles. The molecule has 3 aromatic carbocycles. The second kappa shape index (κ2) is 9.65. The third-order valence-electron chi connectivity index (χ3n) is 5.53. The number of fused-ring (bicyclic) bond motifs is 1. The van der Waals surface area contributed by atoms with Gasteiger partial charge in [-0.2, -0.15) is 0 Å². The minimum absolute atomic E-state index is 0.0728. The minimum atomic E-state index is -0.550. The summed E-state index contributed by atoms with van der Waals surface area (Å²) in [4.78, 5) is 42.9. The molecule has 0 radical (unpaired) electrons. The first-order valence-electron chi connectivity index (χ1n) is 10.9. The Labute approximate surface area is 202 Å². The molecule has 1 heterocycles. The maximum atomic E-state index is 13.5. The van der Waals surface area contributed by atoms with Gasteiger partial charge in [-0.1, -0.05) is 53.7 Å². The fraction of sp³-hybridized carbons (Fsp3) is 0.185. The Kier molecular flexibility index (Phi) is 6.65. The zero-order chi connectivity index (χ0) is 24.4. The standard InChI is InChI=1S/C27H25N3O3S/c1-16-12-13-24(17(2)14-16)30-26(33)22-10-5-6-11-23(22)29-27(30)34-19(4)25(32)28-21-9-7-8-20(15-21)18(3)31/h5-15,19H,1-4H3,(H,28,32). The number of Topliss-reactive ketones (excluding diaryl/α,β-unsaturated/α-hetero) is 1. The molecule has 1 atom stereocenters. The van der Waals surface area contributed by atoms with Crippen LogP contribution >= 0.6 is 11.8 Å². The van der Waals surface area contributed by atoms with Gasteiger partial charge in [-0.05, 0) is 63.6 Å². The predicted molar refractivity (Wildman–Crippen MR) is 137 cm³/mol. The van der Waals surface area contributed by atoms with Crippen LogP contribution in [0.15, 0.2) is 76.7 Å². The van der Waals surface area contributed by atoms with Gasteiger partial charge < -0.3 is 5.32 Å².